The van der Waals surface area contributed by atoms with E-state index >= 15 is 0 Å². The lowest BCUT2D eigenvalue weighted by molar-refractivity contribution is -0.155. The van der Waals surface area contributed by atoms with E-state index in [0.29, 0.717) is 18.5 Å². The summed E-state index contributed by atoms with van der Waals surface area (Å²) in [6.07, 6.45) is 15.1. The summed E-state index contributed by atoms with van der Waals surface area (Å²) in [6.45, 7) is 7.35. The number of aryl methyl sites for hydroxylation is 1. The van der Waals surface area contributed by atoms with Gasteiger partial charge in [0.2, 0.25) is 0 Å². The van der Waals surface area contributed by atoms with E-state index < -0.39 is 5.60 Å². The number of nitrogens with one attached hydrogen (secondary N) is 1. The normalized spacial score (nSPS) is 27.4. The fourth-order valence-electron chi connectivity index (χ4n) is 7.10. The third-order valence-electron chi connectivity index (χ3n) is 8.03. The van der Waals surface area contributed by atoms with Gasteiger partial charge in [0, 0.05) is 32.0 Å². The second-order valence-corrected chi connectivity index (χ2v) is 12.2. The first-order valence-electron chi connectivity index (χ1n) is 13.3. The zero-order valence-electron chi connectivity index (χ0n) is 21.4. The third-order valence-corrected chi connectivity index (χ3v) is 8.03. The summed E-state index contributed by atoms with van der Waals surface area (Å²) in [5.74, 6) is 2.54. The average molecular weight is 470 g/mol. The molecular weight excluding hydrogens is 426 g/mol. The molecule has 4 fully saturated rings. The molecule has 5 rings (SSSR count). The van der Waals surface area contributed by atoms with Crippen molar-refractivity contribution < 1.29 is 14.3 Å². The van der Waals surface area contributed by atoms with Crippen LogP contribution in [0.1, 0.15) is 84.1 Å². The van der Waals surface area contributed by atoms with Crippen LogP contribution in [-0.2, 0) is 16.0 Å². The number of hydrogen-bond acceptors (Lipinski definition) is 4. The molecule has 6 heteroatoms. The van der Waals surface area contributed by atoms with E-state index in [9.17, 15) is 9.59 Å². The van der Waals surface area contributed by atoms with Crippen LogP contribution >= 0.6 is 0 Å². The number of ether oxygens (including phenoxy) is 1. The molecule has 0 radical (unpaired) electrons. The Morgan fingerprint density at radius 2 is 1.68 bits per heavy atom. The third kappa shape index (κ3) is 6.96. The Labute approximate surface area is 205 Å². The van der Waals surface area contributed by atoms with Crippen molar-refractivity contribution in [2.45, 2.75) is 90.6 Å². The van der Waals surface area contributed by atoms with Crippen molar-refractivity contribution in [2.75, 3.05) is 19.6 Å². The molecule has 4 aliphatic carbocycles. The molecule has 4 aliphatic rings. The van der Waals surface area contributed by atoms with Crippen molar-refractivity contribution >= 4 is 12.0 Å². The van der Waals surface area contributed by atoms with Crippen LogP contribution in [0.5, 0.6) is 0 Å². The standard InChI is InChI=1S/C28H43N3O3/c1-27(2,3)34-25(32)8-14-31(13-4-5-21-6-10-29-11-7-21)26(33)30-12-9-28-18-22-15-23(19-28)17-24(16-22)20-28/h6-7,10-11,22-24H,4-5,8-9,12-20H2,1-3H3,(H,30,33). The molecule has 2 amide bonds. The lowest BCUT2D eigenvalue weighted by atomic mass is 9.49. The number of carbonyl (C=O) groups is 2. The fourth-order valence-corrected chi connectivity index (χ4v) is 7.10. The van der Waals surface area contributed by atoms with E-state index in [4.69, 9.17) is 4.74 Å². The van der Waals surface area contributed by atoms with E-state index in [0.717, 1.165) is 43.6 Å². The molecule has 0 atom stereocenters. The van der Waals surface area contributed by atoms with Crippen LogP contribution in [0.2, 0.25) is 0 Å². The Morgan fingerprint density at radius 3 is 2.26 bits per heavy atom. The topological polar surface area (TPSA) is 71.5 Å². The maximum Gasteiger partial charge on any atom is 0.317 e. The van der Waals surface area contributed by atoms with Gasteiger partial charge < -0.3 is 15.0 Å². The number of rotatable bonds is 10. The van der Waals surface area contributed by atoms with Crippen LogP contribution in [0.25, 0.3) is 0 Å². The van der Waals surface area contributed by atoms with Crippen LogP contribution in [0.4, 0.5) is 4.79 Å². The van der Waals surface area contributed by atoms with Gasteiger partial charge in [-0.3, -0.25) is 9.78 Å². The molecule has 6 nitrogen and oxygen atoms in total. The highest BCUT2D eigenvalue weighted by Crippen LogP contribution is 2.61. The van der Waals surface area contributed by atoms with Gasteiger partial charge in [-0.05, 0) is 119 Å². The van der Waals surface area contributed by atoms with Crippen molar-refractivity contribution in [2.24, 2.45) is 23.2 Å². The van der Waals surface area contributed by atoms with Crippen LogP contribution in [0.15, 0.2) is 24.5 Å². The minimum absolute atomic E-state index is 0.0528. The summed E-state index contributed by atoms with van der Waals surface area (Å²) in [5, 5.41) is 3.20. The minimum atomic E-state index is -0.511. The predicted octanol–water partition coefficient (Wildman–Crippen LogP) is 5.36. The number of urea groups is 1. The Bertz CT molecular complexity index is 798. The molecule has 34 heavy (non-hydrogen) atoms. The van der Waals surface area contributed by atoms with E-state index in [1.807, 2.05) is 32.9 Å². The van der Waals surface area contributed by atoms with E-state index in [2.05, 4.69) is 10.3 Å². The maximum absolute atomic E-state index is 13.1. The monoisotopic (exact) mass is 469 g/mol. The van der Waals surface area contributed by atoms with Crippen molar-refractivity contribution in [3.05, 3.63) is 30.1 Å². The van der Waals surface area contributed by atoms with Gasteiger partial charge in [0.1, 0.15) is 5.60 Å². The van der Waals surface area contributed by atoms with Crippen molar-refractivity contribution in [1.82, 2.24) is 15.2 Å². The Hall–Kier alpha value is -2.11. The second kappa shape index (κ2) is 10.7. The number of esters is 1. The van der Waals surface area contributed by atoms with Gasteiger partial charge in [-0.25, -0.2) is 4.79 Å². The summed E-state index contributed by atoms with van der Waals surface area (Å²) in [4.78, 5) is 31.3. The largest absolute Gasteiger partial charge is 0.460 e. The Morgan fingerprint density at radius 1 is 1.06 bits per heavy atom. The molecule has 0 aromatic carbocycles. The number of carbonyl (C=O) groups excluding carboxylic acids is 2. The first-order valence-corrected chi connectivity index (χ1v) is 13.3. The lowest BCUT2D eigenvalue weighted by Crippen LogP contribution is -2.48. The summed E-state index contributed by atoms with van der Waals surface area (Å²) in [5.41, 5.74) is 1.16. The quantitative estimate of drug-likeness (QED) is 0.468. The van der Waals surface area contributed by atoms with Gasteiger partial charge in [0.15, 0.2) is 0 Å². The first kappa shape index (κ1) is 25.0. The molecular formula is C28H43N3O3. The number of nitrogens with zero attached hydrogens (tertiary/aromatic N) is 2. The Kier molecular flexibility index (Phi) is 7.83. The predicted molar refractivity (Wildman–Crippen MR) is 133 cm³/mol. The first-order chi connectivity index (χ1) is 16.2. The Balaban J connectivity index is 1.27. The highest BCUT2D eigenvalue weighted by atomic mass is 16.6. The minimum Gasteiger partial charge on any atom is -0.460 e. The summed E-state index contributed by atoms with van der Waals surface area (Å²) < 4.78 is 5.46. The van der Waals surface area contributed by atoms with Crippen LogP contribution in [0.3, 0.4) is 0 Å². The van der Waals surface area contributed by atoms with Gasteiger partial charge >= 0.3 is 12.0 Å². The van der Waals surface area contributed by atoms with Crippen LogP contribution in [0, 0.1) is 23.2 Å². The molecule has 0 saturated heterocycles. The summed E-state index contributed by atoms with van der Waals surface area (Å²) in [6, 6.07) is 3.97. The molecule has 1 heterocycles. The zero-order chi connectivity index (χ0) is 24.2. The van der Waals surface area contributed by atoms with E-state index in [1.165, 1.54) is 44.1 Å². The number of pyridine rings is 1. The molecule has 0 unspecified atom stereocenters. The van der Waals surface area contributed by atoms with E-state index in [-0.39, 0.29) is 18.4 Å². The molecule has 4 saturated carbocycles. The van der Waals surface area contributed by atoms with Gasteiger partial charge in [0.05, 0.1) is 6.42 Å². The van der Waals surface area contributed by atoms with Gasteiger partial charge in [-0.1, -0.05) is 0 Å². The molecule has 4 bridgehead atoms. The van der Waals surface area contributed by atoms with Crippen molar-refractivity contribution in [1.29, 1.82) is 0 Å². The number of aromatic nitrogens is 1. The molecule has 1 aromatic heterocycles. The van der Waals surface area contributed by atoms with Crippen molar-refractivity contribution in [3.8, 4) is 0 Å². The molecule has 188 valence electrons. The average Bonchev–Trinajstić information content (AvgIpc) is 2.74. The van der Waals surface area contributed by atoms with Crippen LogP contribution < -0.4 is 5.32 Å². The molecule has 0 aliphatic heterocycles. The second-order valence-electron chi connectivity index (χ2n) is 12.2. The highest BCUT2D eigenvalue weighted by molar-refractivity contribution is 5.75. The fraction of sp³-hybridized carbons (Fsp3) is 0.750. The maximum atomic E-state index is 13.1. The smallest absolute Gasteiger partial charge is 0.317 e. The SMILES string of the molecule is CC(C)(C)OC(=O)CCN(CCCc1ccncc1)C(=O)NCCC12CC3CC(CC(C3)C1)C2. The highest BCUT2D eigenvalue weighted by Gasteiger charge is 2.50. The van der Waals surface area contributed by atoms with Gasteiger partial charge in [0.25, 0.3) is 0 Å². The lowest BCUT2D eigenvalue weighted by Gasteiger charge is -2.57. The van der Waals surface area contributed by atoms with E-state index in [1.54, 1.807) is 17.3 Å². The molecule has 0 spiro atoms. The summed E-state index contributed by atoms with van der Waals surface area (Å²) in [7, 11) is 0. The molecule has 1 N–H and O–H groups in total. The van der Waals surface area contributed by atoms with Crippen molar-refractivity contribution in [3.63, 3.8) is 0 Å². The zero-order valence-corrected chi connectivity index (χ0v) is 21.4. The molecule has 1 aromatic rings. The summed E-state index contributed by atoms with van der Waals surface area (Å²) >= 11 is 0. The van der Waals surface area contributed by atoms with Gasteiger partial charge in [-0.15, -0.1) is 0 Å². The number of amides is 2. The number of hydrogen-bond donors (Lipinski definition) is 1. The van der Waals surface area contributed by atoms with Crippen LogP contribution in [-0.4, -0.2) is 47.1 Å². The van der Waals surface area contributed by atoms with Gasteiger partial charge in [-0.2, -0.15) is 0 Å².